The van der Waals surface area contributed by atoms with Gasteiger partial charge in [-0.05, 0) is 36.8 Å². The first-order valence-corrected chi connectivity index (χ1v) is 8.29. The highest BCUT2D eigenvalue weighted by molar-refractivity contribution is 9.10. The summed E-state index contributed by atoms with van der Waals surface area (Å²) in [6.07, 6.45) is 0. The molecule has 0 saturated heterocycles. The van der Waals surface area contributed by atoms with Gasteiger partial charge >= 0.3 is 5.97 Å². The zero-order valence-electron chi connectivity index (χ0n) is 13.8. The third-order valence-electron chi connectivity index (χ3n) is 3.51. The summed E-state index contributed by atoms with van der Waals surface area (Å²) in [6.45, 7) is 1.39. The smallest absolute Gasteiger partial charge is 0.342 e. The Bertz CT molecular complexity index is 761. The Morgan fingerprint density at radius 1 is 1.20 bits per heavy atom. The number of phenols is 1. The van der Waals surface area contributed by atoms with Crippen LogP contribution in [0.15, 0.2) is 46.9 Å². The van der Waals surface area contributed by atoms with Crippen LogP contribution in [0.1, 0.15) is 28.9 Å². The topological polar surface area (TPSA) is 84.9 Å². The number of rotatable bonds is 6. The van der Waals surface area contributed by atoms with Crippen molar-refractivity contribution in [1.82, 2.24) is 5.32 Å². The molecule has 2 aromatic carbocycles. The number of esters is 1. The van der Waals surface area contributed by atoms with E-state index in [2.05, 4.69) is 21.2 Å². The fourth-order valence-corrected chi connectivity index (χ4v) is 2.40. The zero-order valence-corrected chi connectivity index (χ0v) is 15.4. The Morgan fingerprint density at radius 3 is 2.48 bits per heavy atom. The third-order valence-corrected chi connectivity index (χ3v) is 4.04. The van der Waals surface area contributed by atoms with Gasteiger partial charge in [0, 0.05) is 10.5 Å². The van der Waals surface area contributed by atoms with Crippen LogP contribution in [-0.4, -0.2) is 30.7 Å². The number of aromatic hydroxyl groups is 1. The number of benzene rings is 2. The lowest BCUT2D eigenvalue weighted by Crippen LogP contribution is -2.31. The molecule has 132 valence electrons. The molecule has 2 aromatic rings. The lowest BCUT2D eigenvalue weighted by molar-refractivity contribution is -0.124. The van der Waals surface area contributed by atoms with Crippen molar-refractivity contribution in [3.63, 3.8) is 0 Å². The van der Waals surface area contributed by atoms with Crippen molar-refractivity contribution >= 4 is 27.8 Å². The highest BCUT2D eigenvalue weighted by Gasteiger charge is 2.16. The van der Waals surface area contributed by atoms with Gasteiger partial charge in [0.25, 0.3) is 5.91 Å². The molecule has 0 heterocycles. The number of carbonyl (C=O) groups is 2. The van der Waals surface area contributed by atoms with Gasteiger partial charge in [0.05, 0.1) is 13.2 Å². The molecule has 0 unspecified atom stereocenters. The molecule has 1 amide bonds. The Balaban J connectivity index is 1.89. The van der Waals surface area contributed by atoms with Crippen LogP contribution < -0.4 is 10.1 Å². The van der Waals surface area contributed by atoms with Crippen molar-refractivity contribution in [2.75, 3.05) is 13.7 Å². The molecule has 2 rings (SSSR count). The number of hydrogen-bond donors (Lipinski definition) is 2. The molecule has 0 aliphatic carbocycles. The van der Waals surface area contributed by atoms with Gasteiger partial charge in [-0.2, -0.15) is 0 Å². The van der Waals surface area contributed by atoms with E-state index in [0.717, 1.165) is 10.0 Å². The van der Waals surface area contributed by atoms with E-state index in [0.29, 0.717) is 5.75 Å². The van der Waals surface area contributed by atoms with Crippen molar-refractivity contribution in [3.05, 3.63) is 58.1 Å². The van der Waals surface area contributed by atoms with Crippen LogP contribution in [0.4, 0.5) is 0 Å². The van der Waals surface area contributed by atoms with Crippen molar-refractivity contribution in [2.45, 2.75) is 13.0 Å². The average molecular weight is 408 g/mol. The van der Waals surface area contributed by atoms with Crippen LogP contribution in [0.25, 0.3) is 0 Å². The van der Waals surface area contributed by atoms with Gasteiger partial charge in [-0.15, -0.1) is 0 Å². The molecular formula is C18H18BrNO5. The first kappa shape index (κ1) is 18.8. The molecule has 0 saturated carbocycles. The number of halogens is 1. The van der Waals surface area contributed by atoms with Gasteiger partial charge < -0.3 is 19.9 Å². The van der Waals surface area contributed by atoms with E-state index < -0.39 is 18.5 Å². The predicted octanol–water partition coefficient (Wildman–Crippen LogP) is 3.20. The zero-order chi connectivity index (χ0) is 18.4. The molecule has 1 atom stereocenters. The Kier molecular flexibility index (Phi) is 6.41. The summed E-state index contributed by atoms with van der Waals surface area (Å²) in [5, 5.41) is 12.5. The highest BCUT2D eigenvalue weighted by atomic mass is 79.9. The molecule has 25 heavy (non-hydrogen) atoms. The summed E-state index contributed by atoms with van der Waals surface area (Å²) in [5.41, 5.74) is 0.894. The van der Waals surface area contributed by atoms with Crippen molar-refractivity contribution in [3.8, 4) is 11.5 Å². The van der Waals surface area contributed by atoms with Gasteiger partial charge in [0.1, 0.15) is 17.1 Å². The normalized spacial score (nSPS) is 11.5. The SMILES string of the molecule is COc1ccc(C(=O)OCC(=O)N[C@H](C)c2ccc(Br)cc2)c(O)c1. The van der Waals surface area contributed by atoms with Crippen LogP contribution in [0.5, 0.6) is 11.5 Å². The molecule has 0 fully saturated rings. The molecule has 0 aromatic heterocycles. The van der Waals surface area contributed by atoms with Crippen LogP contribution in [0.2, 0.25) is 0 Å². The van der Waals surface area contributed by atoms with Gasteiger partial charge in [0.15, 0.2) is 6.61 Å². The fraction of sp³-hybridized carbons (Fsp3) is 0.222. The van der Waals surface area contributed by atoms with Gasteiger partial charge in [-0.25, -0.2) is 4.79 Å². The minimum atomic E-state index is -0.786. The summed E-state index contributed by atoms with van der Waals surface area (Å²) < 4.78 is 10.8. The average Bonchev–Trinajstić information content (AvgIpc) is 2.60. The number of phenolic OH excluding ortho intramolecular Hbond substituents is 1. The maximum Gasteiger partial charge on any atom is 0.342 e. The number of methoxy groups -OCH3 is 1. The van der Waals surface area contributed by atoms with Crippen molar-refractivity contribution in [2.24, 2.45) is 0 Å². The Labute approximate surface area is 153 Å². The molecule has 7 heteroatoms. The minimum absolute atomic E-state index is 0.0328. The van der Waals surface area contributed by atoms with Crippen LogP contribution in [-0.2, 0) is 9.53 Å². The van der Waals surface area contributed by atoms with Crippen LogP contribution in [0, 0.1) is 0 Å². The quantitative estimate of drug-likeness (QED) is 0.718. The van der Waals surface area contributed by atoms with Crippen LogP contribution >= 0.6 is 15.9 Å². The number of nitrogens with one attached hydrogen (secondary N) is 1. The maximum absolute atomic E-state index is 12.0. The molecule has 0 spiro atoms. The van der Waals surface area contributed by atoms with E-state index in [4.69, 9.17) is 9.47 Å². The molecule has 0 bridgehead atoms. The van der Waals surface area contributed by atoms with Gasteiger partial charge in [0.2, 0.25) is 0 Å². The second kappa shape index (κ2) is 8.53. The first-order chi connectivity index (χ1) is 11.9. The van der Waals surface area contributed by atoms with E-state index in [1.54, 1.807) is 0 Å². The first-order valence-electron chi connectivity index (χ1n) is 7.49. The van der Waals surface area contributed by atoms with E-state index in [1.807, 2.05) is 31.2 Å². The number of amides is 1. The number of hydrogen-bond acceptors (Lipinski definition) is 5. The third kappa shape index (κ3) is 5.22. The molecule has 2 N–H and O–H groups in total. The molecule has 0 aliphatic heterocycles. The molecule has 0 radical (unpaired) electrons. The lowest BCUT2D eigenvalue weighted by Gasteiger charge is -2.14. The van der Waals surface area contributed by atoms with Gasteiger partial charge in [-0.3, -0.25) is 4.79 Å². The Hall–Kier alpha value is -2.54. The second-order valence-electron chi connectivity index (χ2n) is 5.30. The van der Waals surface area contributed by atoms with E-state index in [1.165, 1.54) is 25.3 Å². The standard InChI is InChI=1S/C18H18BrNO5/c1-11(12-3-5-13(19)6-4-12)20-17(22)10-25-18(23)15-8-7-14(24-2)9-16(15)21/h3-9,11,21H,10H2,1-2H3,(H,20,22)/t11-/m1/s1. The second-order valence-corrected chi connectivity index (χ2v) is 6.22. The summed E-state index contributed by atoms with van der Waals surface area (Å²) in [6, 6.07) is 11.5. The number of ether oxygens (including phenoxy) is 2. The van der Waals surface area contributed by atoms with Crippen LogP contribution in [0.3, 0.4) is 0 Å². The van der Waals surface area contributed by atoms with Crippen molar-refractivity contribution < 1.29 is 24.2 Å². The van der Waals surface area contributed by atoms with E-state index >= 15 is 0 Å². The minimum Gasteiger partial charge on any atom is -0.507 e. The largest absolute Gasteiger partial charge is 0.507 e. The molecular weight excluding hydrogens is 390 g/mol. The lowest BCUT2D eigenvalue weighted by atomic mass is 10.1. The predicted molar refractivity (Wildman–Crippen MR) is 95.6 cm³/mol. The van der Waals surface area contributed by atoms with E-state index in [-0.39, 0.29) is 17.4 Å². The number of carbonyl (C=O) groups excluding carboxylic acids is 2. The molecule has 6 nitrogen and oxygen atoms in total. The molecule has 0 aliphatic rings. The fourth-order valence-electron chi connectivity index (χ4n) is 2.14. The summed E-state index contributed by atoms with van der Waals surface area (Å²) >= 11 is 3.35. The summed E-state index contributed by atoms with van der Waals surface area (Å²) in [4.78, 5) is 23.9. The maximum atomic E-state index is 12.0. The van der Waals surface area contributed by atoms with Gasteiger partial charge in [-0.1, -0.05) is 28.1 Å². The Morgan fingerprint density at radius 2 is 1.88 bits per heavy atom. The summed E-state index contributed by atoms with van der Waals surface area (Å²) in [7, 11) is 1.45. The summed E-state index contributed by atoms with van der Waals surface area (Å²) in [5.74, 6) is -1.08. The monoisotopic (exact) mass is 407 g/mol. The van der Waals surface area contributed by atoms with E-state index in [9.17, 15) is 14.7 Å². The van der Waals surface area contributed by atoms with Crippen molar-refractivity contribution in [1.29, 1.82) is 0 Å². The highest BCUT2D eigenvalue weighted by Crippen LogP contribution is 2.24.